The quantitative estimate of drug-likeness (QED) is 0.811. The molecule has 1 atom stereocenters. The first-order valence-electron chi connectivity index (χ1n) is 9.98. The summed E-state index contributed by atoms with van der Waals surface area (Å²) in [6.07, 6.45) is -4.15. The fourth-order valence-corrected chi connectivity index (χ4v) is 4.39. The van der Waals surface area contributed by atoms with E-state index >= 15 is 0 Å². The van der Waals surface area contributed by atoms with Crippen LogP contribution in [0.15, 0.2) is 41.6 Å². The predicted octanol–water partition coefficient (Wildman–Crippen LogP) is 3.50. The van der Waals surface area contributed by atoms with Crippen LogP contribution in [0.2, 0.25) is 0 Å². The molecule has 0 saturated heterocycles. The van der Waals surface area contributed by atoms with E-state index in [4.69, 9.17) is 0 Å². The normalized spacial score (nSPS) is 26.1. The van der Waals surface area contributed by atoms with E-state index in [2.05, 4.69) is 0 Å². The molecule has 1 aliphatic heterocycles. The van der Waals surface area contributed by atoms with Crippen LogP contribution in [0, 0.1) is 11.3 Å². The average Bonchev–Trinajstić information content (AvgIpc) is 3.45. The zero-order chi connectivity index (χ0) is 21.9. The lowest BCUT2D eigenvalue weighted by Crippen LogP contribution is -2.66. The number of rotatable bonds is 4. The molecule has 1 aromatic carbocycles. The molecule has 1 unspecified atom stereocenters. The van der Waals surface area contributed by atoms with E-state index in [0.717, 1.165) is 4.90 Å². The Labute approximate surface area is 172 Å². The molecule has 0 aromatic heterocycles. The molecule has 1 aromatic rings. The molecule has 5 nitrogen and oxygen atoms in total. The molecule has 0 radical (unpaired) electrons. The second-order valence-electron chi connectivity index (χ2n) is 9.15. The smallest absolute Gasteiger partial charge is 0.330 e. The van der Waals surface area contributed by atoms with E-state index in [9.17, 15) is 27.6 Å². The minimum Gasteiger partial charge on any atom is -0.330 e. The molecule has 2 aliphatic carbocycles. The van der Waals surface area contributed by atoms with Crippen molar-refractivity contribution in [3.63, 3.8) is 0 Å². The van der Waals surface area contributed by atoms with Crippen molar-refractivity contribution >= 4 is 17.6 Å². The minimum atomic E-state index is -5.14. The summed E-state index contributed by atoms with van der Waals surface area (Å²) in [5.74, 6) is -3.41. The number of hydrogen-bond donors (Lipinski definition) is 1. The number of alkyl halides is 3. The van der Waals surface area contributed by atoms with Crippen LogP contribution in [-0.4, -0.2) is 34.2 Å². The topological polar surface area (TPSA) is 66.5 Å². The highest BCUT2D eigenvalue weighted by atomic mass is 19.4. The molecule has 4 rings (SSSR count). The molecular formula is C22H23F3N2O3. The second-order valence-corrected chi connectivity index (χ2v) is 9.15. The van der Waals surface area contributed by atoms with E-state index in [0.29, 0.717) is 18.4 Å². The molecule has 1 N–H and O–H groups in total. The maximum Gasteiger partial charge on any atom is 0.425 e. The summed E-state index contributed by atoms with van der Waals surface area (Å²) < 4.78 is 43.5. The van der Waals surface area contributed by atoms with Crippen molar-refractivity contribution in [3.05, 3.63) is 47.2 Å². The van der Waals surface area contributed by atoms with E-state index in [1.54, 1.807) is 44.2 Å². The van der Waals surface area contributed by atoms with Crippen LogP contribution in [0.25, 0.3) is 0 Å². The fraction of sp³-hybridized carbons (Fsp3) is 0.500. The van der Waals surface area contributed by atoms with Crippen LogP contribution in [0.1, 0.15) is 45.1 Å². The zero-order valence-corrected chi connectivity index (χ0v) is 16.8. The molecule has 1 saturated carbocycles. The Morgan fingerprint density at radius 2 is 1.77 bits per heavy atom. The zero-order valence-electron chi connectivity index (χ0n) is 16.8. The number of benzene rings is 1. The van der Waals surface area contributed by atoms with Crippen LogP contribution in [-0.2, 0) is 20.9 Å². The highest BCUT2D eigenvalue weighted by Crippen LogP contribution is 2.52. The van der Waals surface area contributed by atoms with Gasteiger partial charge >= 0.3 is 6.18 Å². The fourth-order valence-electron chi connectivity index (χ4n) is 4.39. The molecule has 2 amide bonds. The van der Waals surface area contributed by atoms with Gasteiger partial charge in [-0.1, -0.05) is 44.2 Å². The van der Waals surface area contributed by atoms with Gasteiger partial charge in [-0.15, -0.1) is 0 Å². The van der Waals surface area contributed by atoms with Crippen molar-refractivity contribution < 1.29 is 27.6 Å². The number of amides is 2. The van der Waals surface area contributed by atoms with Crippen molar-refractivity contribution in [2.45, 2.75) is 57.8 Å². The first-order chi connectivity index (χ1) is 14.0. The highest BCUT2D eigenvalue weighted by molar-refractivity contribution is 6.13. The van der Waals surface area contributed by atoms with Gasteiger partial charge in [0.05, 0.1) is 12.1 Å². The van der Waals surface area contributed by atoms with Crippen molar-refractivity contribution in [2.75, 3.05) is 0 Å². The Hall–Kier alpha value is -2.64. The number of nitrogens with one attached hydrogen (secondary N) is 1. The number of ketones is 1. The second kappa shape index (κ2) is 6.68. The molecule has 160 valence electrons. The van der Waals surface area contributed by atoms with E-state index in [1.807, 2.05) is 5.32 Å². The molecule has 0 bridgehead atoms. The minimum absolute atomic E-state index is 0.0681. The Balaban J connectivity index is 1.86. The maximum atomic E-state index is 14.5. The number of hydrogen-bond acceptors (Lipinski definition) is 3. The van der Waals surface area contributed by atoms with Gasteiger partial charge in [0.1, 0.15) is 0 Å². The first-order valence-corrected chi connectivity index (χ1v) is 9.98. The van der Waals surface area contributed by atoms with Gasteiger partial charge in [-0.2, -0.15) is 13.2 Å². The van der Waals surface area contributed by atoms with Gasteiger partial charge in [-0.3, -0.25) is 14.4 Å². The summed E-state index contributed by atoms with van der Waals surface area (Å²) in [7, 11) is 0. The van der Waals surface area contributed by atoms with Gasteiger partial charge in [0, 0.05) is 18.0 Å². The number of allylic oxidation sites excluding steroid dienone is 1. The summed E-state index contributed by atoms with van der Waals surface area (Å²) in [5.41, 5.74) is -3.81. The summed E-state index contributed by atoms with van der Waals surface area (Å²) in [6, 6.07) is 8.64. The summed E-state index contributed by atoms with van der Waals surface area (Å²) >= 11 is 0. The molecule has 30 heavy (non-hydrogen) atoms. The Kier molecular flexibility index (Phi) is 4.60. The van der Waals surface area contributed by atoms with Gasteiger partial charge in [0.25, 0.3) is 5.91 Å². The third-order valence-corrected chi connectivity index (χ3v) is 5.99. The molecule has 8 heteroatoms. The lowest BCUT2D eigenvalue weighted by molar-refractivity contribution is -0.195. The summed E-state index contributed by atoms with van der Waals surface area (Å²) in [6.45, 7) is 3.48. The third-order valence-electron chi connectivity index (χ3n) is 5.99. The highest BCUT2D eigenvalue weighted by Gasteiger charge is 2.71. The predicted molar refractivity (Wildman–Crippen MR) is 102 cm³/mol. The Morgan fingerprint density at radius 3 is 2.33 bits per heavy atom. The van der Waals surface area contributed by atoms with Crippen molar-refractivity contribution in [1.29, 1.82) is 0 Å². The van der Waals surface area contributed by atoms with Crippen LogP contribution in [0.5, 0.6) is 0 Å². The SMILES string of the molecule is CC1(C)CC(=O)C2=C(C1)N(Cc1ccccc1)C(=O)C2(NC(=O)C1CC1)C(F)(F)F. The van der Waals surface area contributed by atoms with E-state index < -0.39 is 46.2 Å². The summed E-state index contributed by atoms with van der Waals surface area (Å²) in [5, 5.41) is 1.98. The van der Waals surface area contributed by atoms with Crippen molar-refractivity contribution in [2.24, 2.45) is 11.3 Å². The van der Waals surface area contributed by atoms with Gasteiger partial charge in [0.2, 0.25) is 11.4 Å². The number of Topliss-reactive ketones (excluding diaryl/α,β-unsaturated/α-hetero) is 1. The van der Waals surface area contributed by atoms with Gasteiger partial charge in [-0.05, 0) is 30.2 Å². The number of halogens is 3. The molecule has 3 aliphatic rings. The van der Waals surface area contributed by atoms with Crippen molar-refractivity contribution in [3.8, 4) is 0 Å². The summed E-state index contributed by atoms with van der Waals surface area (Å²) in [4.78, 5) is 39.8. The van der Waals surface area contributed by atoms with Crippen LogP contribution in [0.4, 0.5) is 13.2 Å². The lowest BCUT2D eigenvalue weighted by atomic mass is 9.72. The monoisotopic (exact) mass is 420 g/mol. The van der Waals surface area contributed by atoms with Crippen LogP contribution < -0.4 is 5.32 Å². The van der Waals surface area contributed by atoms with E-state index in [-0.39, 0.29) is 25.1 Å². The lowest BCUT2D eigenvalue weighted by Gasteiger charge is -2.35. The Morgan fingerprint density at radius 1 is 1.13 bits per heavy atom. The molecule has 1 heterocycles. The first kappa shape index (κ1) is 20.6. The van der Waals surface area contributed by atoms with E-state index in [1.165, 1.54) is 0 Å². The molecule has 0 spiro atoms. The largest absolute Gasteiger partial charge is 0.425 e. The molecule has 1 fully saturated rings. The van der Waals surface area contributed by atoms with Gasteiger partial charge in [-0.25, -0.2) is 0 Å². The number of nitrogens with zero attached hydrogens (tertiary/aromatic N) is 1. The van der Waals surface area contributed by atoms with Crippen LogP contribution in [0.3, 0.4) is 0 Å². The number of carbonyl (C=O) groups is 3. The Bertz CT molecular complexity index is 948. The van der Waals surface area contributed by atoms with Gasteiger partial charge in [0.15, 0.2) is 5.78 Å². The maximum absolute atomic E-state index is 14.5. The van der Waals surface area contributed by atoms with Crippen molar-refractivity contribution in [1.82, 2.24) is 10.2 Å². The standard InChI is InChI=1S/C22H23F3N2O3/c1-20(2)10-15-17(16(28)11-20)21(22(23,24)25,26-18(29)14-8-9-14)19(30)27(15)12-13-6-4-3-5-7-13/h3-7,14H,8-12H2,1-2H3,(H,26,29). The van der Waals surface area contributed by atoms with Gasteiger partial charge < -0.3 is 10.2 Å². The number of carbonyl (C=O) groups excluding carboxylic acids is 3. The third kappa shape index (κ3) is 3.22. The average molecular weight is 420 g/mol. The van der Waals surface area contributed by atoms with Crippen LogP contribution >= 0.6 is 0 Å². The molecular weight excluding hydrogens is 397 g/mol.